The molecule has 4 heteroatoms. The molecule has 0 saturated carbocycles. The van der Waals surface area contributed by atoms with Gasteiger partial charge >= 0.3 is 0 Å². The van der Waals surface area contributed by atoms with E-state index in [0.29, 0.717) is 5.15 Å². The second-order valence-electron chi connectivity index (χ2n) is 3.95. The maximum atomic E-state index is 6.17. The topological polar surface area (TPSA) is 24.9 Å². The molecule has 18 heavy (non-hydrogen) atoms. The summed E-state index contributed by atoms with van der Waals surface area (Å²) in [5.41, 5.74) is 0. The first-order valence-electron chi connectivity index (χ1n) is 5.64. The van der Waals surface area contributed by atoms with Crippen molar-refractivity contribution in [3.63, 3.8) is 0 Å². The Balaban J connectivity index is 1.88. The van der Waals surface area contributed by atoms with Crippen LogP contribution >= 0.6 is 22.9 Å². The van der Waals surface area contributed by atoms with Crippen LogP contribution in [-0.4, -0.2) is 4.98 Å². The standard InChI is InChI=1S/C14H11ClN2S/c15-14-12-6-2-1-4-10(12)8-13(17-14)16-9-11-5-3-7-18-11/h1-8H,9H2,(H,16,17). The molecule has 3 rings (SSSR count). The predicted octanol–water partition coefficient (Wildman–Crippen LogP) is 4.56. The van der Waals surface area contributed by atoms with Gasteiger partial charge in [-0.2, -0.15) is 0 Å². The molecule has 0 atom stereocenters. The monoisotopic (exact) mass is 274 g/mol. The average Bonchev–Trinajstić information content (AvgIpc) is 2.90. The van der Waals surface area contributed by atoms with Crippen LogP contribution in [0.4, 0.5) is 5.82 Å². The number of nitrogens with one attached hydrogen (secondary N) is 1. The zero-order chi connectivity index (χ0) is 12.4. The molecule has 2 nitrogen and oxygen atoms in total. The number of aromatic nitrogens is 1. The quantitative estimate of drug-likeness (QED) is 0.708. The van der Waals surface area contributed by atoms with E-state index in [0.717, 1.165) is 23.1 Å². The minimum absolute atomic E-state index is 0.543. The molecule has 2 aromatic heterocycles. The summed E-state index contributed by atoms with van der Waals surface area (Å²) in [5.74, 6) is 0.812. The normalized spacial score (nSPS) is 10.7. The number of hydrogen-bond donors (Lipinski definition) is 1. The average molecular weight is 275 g/mol. The number of pyridine rings is 1. The van der Waals surface area contributed by atoms with Crippen LogP contribution in [0.25, 0.3) is 10.8 Å². The Morgan fingerprint density at radius 2 is 2.06 bits per heavy atom. The lowest BCUT2D eigenvalue weighted by Crippen LogP contribution is -1.99. The molecule has 0 bridgehead atoms. The fourth-order valence-corrected chi connectivity index (χ4v) is 2.75. The van der Waals surface area contributed by atoms with E-state index in [-0.39, 0.29) is 0 Å². The number of fused-ring (bicyclic) bond motifs is 1. The predicted molar refractivity (Wildman–Crippen MR) is 78.4 cm³/mol. The first-order chi connectivity index (χ1) is 8.83. The number of nitrogens with zero attached hydrogens (tertiary/aromatic N) is 1. The van der Waals surface area contributed by atoms with Crippen LogP contribution in [0.3, 0.4) is 0 Å². The van der Waals surface area contributed by atoms with E-state index in [1.165, 1.54) is 4.88 Å². The van der Waals surface area contributed by atoms with E-state index in [1.807, 2.05) is 36.4 Å². The van der Waals surface area contributed by atoms with E-state index in [1.54, 1.807) is 11.3 Å². The Morgan fingerprint density at radius 1 is 1.17 bits per heavy atom. The highest BCUT2D eigenvalue weighted by Gasteiger charge is 2.03. The summed E-state index contributed by atoms with van der Waals surface area (Å²) in [6, 6.07) is 14.2. The second-order valence-corrected chi connectivity index (χ2v) is 5.34. The minimum Gasteiger partial charge on any atom is -0.365 e. The first kappa shape index (κ1) is 11.5. The minimum atomic E-state index is 0.543. The zero-order valence-corrected chi connectivity index (χ0v) is 11.1. The van der Waals surface area contributed by atoms with Crippen LogP contribution < -0.4 is 5.32 Å². The van der Waals surface area contributed by atoms with Crippen molar-refractivity contribution in [1.82, 2.24) is 4.98 Å². The Hall–Kier alpha value is -1.58. The molecular formula is C14H11ClN2S. The van der Waals surface area contributed by atoms with Gasteiger partial charge in [0.15, 0.2) is 0 Å². The van der Waals surface area contributed by atoms with Gasteiger partial charge in [0.05, 0.1) is 6.54 Å². The van der Waals surface area contributed by atoms with Gasteiger partial charge in [0.1, 0.15) is 11.0 Å². The van der Waals surface area contributed by atoms with Crippen molar-refractivity contribution in [2.24, 2.45) is 0 Å². The fraction of sp³-hybridized carbons (Fsp3) is 0.0714. The summed E-state index contributed by atoms with van der Waals surface area (Å²) in [4.78, 5) is 5.64. The van der Waals surface area contributed by atoms with Gasteiger partial charge in [-0.05, 0) is 22.9 Å². The summed E-state index contributed by atoms with van der Waals surface area (Å²) in [6.45, 7) is 0.777. The van der Waals surface area contributed by atoms with Crippen molar-refractivity contribution in [2.75, 3.05) is 5.32 Å². The molecule has 2 heterocycles. The number of anilines is 1. The summed E-state index contributed by atoms with van der Waals surface area (Å²) in [7, 11) is 0. The van der Waals surface area contributed by atoms with Gasteiger partial charge in [0.2, 0.25) is 0 Å². The van der Waals surface area contributed by atoms with E-state index in [2.05, 4.69) is 21.7 Å². The van der Waals surface area contributed by atoms with Crippen molar-refractivity contribution in [3.8, 4) is 0 Å². The molecule has 0 aliphatic rings. The number of benzene rings is 1. The van der Waals surface area contributed by atoms with Gasteiger partial charge in [-0.1, -0.05) is 41.9 Å². The molecule has 3 aromatic rings. The maximum Gasteiger partial charge on any atom is 0.139 e. The van der Waals surface area contributed by atoms with Crippen LogP contribution in [0, 0.1) is 0 Å². The molecule has 0 unspecified atom stereocenters. The molecule has 0 spiro atoms. The molecule has 1 aromatic carbocycles. The smallest absolute Gasteiger partial charge is 0.139 e. The lowest BCUT2D eigenvalue weighted by atomic mass is 10.2. The van der Waals surface area contributed by atoms with Crippen LogP contribution in [0.2, 0.25) is 5.15 Å². The Kier molecular flexibility index (Phi) is 3.17. The molecule has 0 radical (unpaired) electrons. The van der Waals surface area contributed by atoms with E-state index >= 15 is 0 Å². The van der Waals surface area contributed by atoms with Crippen LogP contribution in [0.1, 0.15) is 4.88 Å². The third-order valence-electron chi connectivity index (χ3n) is 2.72. The lowest BCUT2D eigenvalue weighted by molar-refractivity contribution is 1.15. The molecule has 0 aliphatic carbocycles. The van der Waals surface area contributed by atoms with Crippen LogP contribution in [0.15, 0.2) is 47.8 Å². The molecule has 1 N–H and O–H groups in total. The first-order valence-corrected chi connectivity index (χ1v) is 6.90. The third-order valence-corrected chi connectivity index (χ3v) is 3.88. The number of rotatable bonds is 3. The summed E-state index contributed by atoms with van der Waals surface area (Å²) >= 11 is 7.90. The molecule has 0 saturated heterocycles. The molecule has 0 fully saturated rings. The van der Waals surface area contributed by atoms with Gasteiger partial charge in [0, 0.05) is 10.3 Å². The summed E-state index contributed by atoms with van der Waals surface area (Å²) in [5, 5.41) is 8.00. The van der Waals surface area contributed by atoms with Gasteiger partial charge in [-0.3, -0.25) is 0 Å². The van der Waals surface area contributed by atoms with Gasteiger partial charge < -0.3 is 5.32 Å². The van der Waals surface area contributed by atoms with Gasteiger partial charge in [-0.25, -0.2) is 4.98 Å². The van der Waals surface area contributed by atoms with Crippen LogP contribution in [0.5, 0.6) is 0 Å². The highest BCUT2D eigenvalue weighted by Crippen LogP contribution is 2.24. The van der Waals surface area contributed by atoms with Crippen molar-refractivity contribution in [2.45, 2.75) is 6.54 Å². The van der Waals surface area contributed by atoms with Gasteiger partial charge in [0.25, 0.3) is 0 Å². The molecule has 0 aliphatic heterocycles. The van der Waals surface area contributed by atoms with Gasteiger partial charge in [-0.15, -0.1) is 11.3 Å². The van der Waals surface area contributed by atoms with Crippen LogP contribution in [-0.2, 0) is 6.54 Å². The second kappa shape index (κ2) is 4.96. The zero-order valence-electron chi connectivity index (χ0n) is 9.56. The molecule has 0 amide bonds. The highest BCUT2D eigenvalue weighted by atomic mass is 35.5. The summed E-state index contributed by atoms with van der Waals surface area (Å²) in [6.07, 6.45) is 0. The number of thiophene rings is 1. The third kappa shape index (κ3) is 2.33. The maximum absolute atomic E-state index is 6.17. The van der Waals surface area contributed by atoms with E-state index in [9.17, 15) is 0 Å². The molecular weight excluding hydrogens is 264 g/mol. The highest BCUT2D eigenvalue weighted by molar-refractivity contribution is 7.09. The Labute approximate surface area is 114 Å². The van der Waals surface area contributed by atoms with E-state index < -0.39 is 0 Å². The molecule has 90 valence electrons. The Morgan fingerprint density at radius 3 is 2.89 bits per heavy atom. The van der Waals surface area contributed by atoms with Crippen molar-refractivity contribution in [3.05, 3.63) is 57.9 Å². The Bertz CT molecular complexity index is 665. The SMILES string of the molecule is Clc1nc(NCc2cccs2)cc2ccccc12. The number of hydrogen-bond acceptors (Lipinski definition) is 3. The van der Waals surface area contributed by atoms with Crippen molar-refractivity contribution >= 4 is 39.5 Å². The lowest BCUT2D eigenvalue weighted by Gasteiger charge is -2.07. The number of halogens is 1. The summed E-state index contributed by atoms with van der Waals surface area (Å²) < 4.78 is 0. The fourth-order valence-electron chi connectivity index (χ4n) is 1.84. The largest absolute Gasteiger partial charge is 0.365 e. The van der Waals surface area contributed by atoms with E-state index in [4.69, 9.17) is 11.6 Å². The van der Waals surface area contributed by atoms with Crippen molar-refractivity contribution < 1.29 is 0 Å². The van der Waals surface area contributed by atoms with Crippen molar-refractivity contribution in [1.29, 1.82) is 0 Å².